The third kappa shape index (κ3) is 5.06. The monoisotopic (exact) mass is 437 g/mol. The molecule has 1 aromatic carbocycles. The summed E-state index contributed by atoms with van der Waals surface area (Å²) in [6, 6.07) is 5.18. The number of methoxy groups -OCH3 is 3. The highest BCUT2D eigenvalue weighted by Crippen LogP contribution is 2.30. The number of ether oxygens (including phenoxy) is 3. The number of anilines is 1. The van der Waals surface area contributed by atoms with Crippen LogP contribution < -0.4 is 20.3 Å². The molecule has 2 aromatic rings. The highest BCUT2D eigenvalue weighted by atomic mass is 32.2. The average molecular weight is 438 g/mol. The highest BCUT2D eigenvalue weighted by Gasteiger charge is 2.22. The number of nitrogens with one attached hydrogen (secondary N) is 1. The fraction of sp³-hybridized carbons (Fsp3) is 0.421. The summed E-state index contributed by atoms with van der Waals surface area (Å²) in [6.45, 7) is 0.787. The summed E-state index contributed by atoms with van der Waals surface area (Å²) < 4.78 is 17.2. The first-order chi connectivity index (χ1) is 14.1. The van der Waals surface area contributed by atoms with Crippen LogP contribution in [0.15, 0.2) is 33.0 Å². The van der Waals surface area contributed by atoms with E-state index >= 15 is 0 Å². The highest BCUT2D eigenvalue weighted by molar-refractivity contribution is 8.00. The Morgan fingerprint density at radius 2 is 2.14 bits per heavy atom. The van der Waals surface area contributed by atoms with E-state index in [1.165, 1.54) is 30.6 Å². The van der Waals surface area contributed by atoms with Gasteiger partial charge in [0.2, 0.25) is 5.91 Å². The molecule has 0 unspecified atom stereocenters. The van der Waals surface area contributed by atoms with E-state index in [2.05, 4.69) is 10.3 Å². The Morgan fingerprint density at radius 3 is 2.86 bits per heavy atom. The van der Waals surface area contributed by atoms with Crippen molar-refractivity contribution in [3.05, 3.63) is 34.2 Å². The fourth-order valence-corrected chi connectivity index (χ4v) is 4.73. The number of rotatable bonds is 9. The number of amides is 1. The van der Waals surface area contributed by atoms with Crippen molar-refractivity contribution in [3.63, 3.8) is 0 Å². The second-order valence-electron chi connectivity index (χ2n) is 6.12. The lowest BCUT2D eigenvalue weighted by Crippen LogP contribution is -2.27. The van der Waals surface area contributed by atoms with Gasteiger partial charge in [-0.15, -0.1) is 11.8 Å². The Bertz CT molecular complexity index is 948. The van der Waals surface area contributed by atoms with Gasteiger partial charge in [-0.05, 0) is 12.1 Å². The maximum Gasteiger partial charge on any atom is 0.268 e. The lowest BCUT2D eigenvalue weighted by molar-refractivity contribution is -0.113. The van der Waals surface area contributed by atoms with Crippen LogP contribution in [0.1, 0.15) is 5.69 Å². The fourth-order valence-electron chi connectivity index (χ4n) is 2.84. The van der Waals surface area contributed by atoms with Crippen LogP contribution in [-0.4, -0.2) is 54.9 Å². The lowest BCUT2D eigenvalue weighted by Gasteiger charge is -2.14. The summed E-state index contributed by atoms with van der Waals surface area (Å²) >= 11 is 2.76. The number of hydrogen-bond acceptors (Lipinski definition) is 8. The molecule has 1 amide bonds. The molecular formula is C19H23N3O5S2. The minimum atomic E-state index is -0.232. The number of benzene rings is 1. The standard InChI is InChI=1S/C19H23N3O5S2/c1-25-8-7-22-18(24)17-13(6-9-28-17)21-19(22)29-11-16(23)20-14-10-12(26-2)4-5-15(14)27-3/h4-5,10H,6-9,11H2,1-3H3,(H,20,23). The molecule has 0 bridgehead atoms. The molecule has 1 aliphatic rings. The van der Waals surface area contributed by atoms with E-state index < -0.39 is 0 Å². The topological polar surface area (TPSA) is 91.7 Å². The summed E-state index contributed by atoms with van der Waals surface area (Å²) in [7, 11) is 4.68. The summed E-state index contributed by atoms with van der Waals surface area (Å²) in [5.41, 5.74) is 1.27. The van der Waals surface area contributed by atoms with Crippen LogP contribution in [0.5, 0.6) is 11.5 Å². The van der Waals surface area contributed by atoms with Crippen molar-refractivity contribution in [2.75, 3.05) is 44.8 Å². The van der Waals surface area contributed by atoms with Crippen molar-refractivity contribution in [3.8, 4) is 11.5 Å². The quantitative estimate of drug-likeness (QED) is 0.472. The van der Waals surface area contributed by atoms with E-state index in [4.69, 9.17) is 14.2 Å². The molecule has 3 rings (SSSR count). The predicted molar refractivity (Wildman–Crippen MR) is 114 cm³/mol. The Morgan fingerprint density at radius 1 is 1.31 bits per heavy atom. The molecule has 8 nitrogen and oxygen atoms in total. The second kappa shape index (κ2) is 10.0. The van der Waals surface area contributed by atoms with Gasteiger partial charge >= 0.3 is 0 Å². The van der Waals surface area contributed by atoms with E-state index in [-0.39, 0.29) is 17.2 Å². The maximum atomic E-state index is 12.8. The average Bonchev–Trinajstić information content (AvgIpc) is 3.20. The van der Waals surface area contributed by atoms with Crippen LogP contribution in [0.2, 0.25) is 0 Å². The van der Waals surface area contributed by atoms with E-state index in [0.29, 0.717) is 40.4 Å². The number of hydrogen-bond donors (Lipinski definition) is 1. The summed E-state index contributed by atoms with van der Waals surface area (Å²) in [4.78, 5) is 30.6. The first kappa shape index (κ1) is 21.5. The van der Waals surface area contributed by atoms with E-state index in [1.807, 2.05) is 0 Å². The van der Waals surface area contributed by atoms with Crippen molar-refractivity contribution in [2.45, 2.75) is 23.0 Å². The van der Waals surface area contributed by atoms with Gasteiger partial charge in [0.25, 0.3) is 5.56 Å². The summed E-state index contributed by atoms with van der Waals surface area (Å²) in [5, 5.41) is 3.36. The molecule has 0 aliphatic carbocycles. The number of thioether (sulfide) groups is 2. The molecule has 0 fully saturated rings. The smallest absolute Gasteiger partial charge is 0.268 e. The van der Waals surface area contributed by atoms with Crippen LogP contribution >= 0.6 is 23.5 Å². The van der Waals surface area contributed by atoms with E-state index in [9.17, 15) is 9.59 Å². The van der Waals surface area contributed by atoms with Crippen LogP contribution in [0, 0.1) is 0 Å². The molecule has 1 aliphatic heterocycles. The van der Waals surface area contributed by atoms with Gasteiger partial charge in [-0.1, -0.05) is 11.8 Å². The van der Waals surface area contributed by atoms with Crippen molar-refractivity contribution in [1.82, 2.24) is 9.55 Å². The first-order valence-electron chi connectivity index (χ1n) is 8.97. The van der Waals surface area contributed by atoms with Crippen LogP contribution in [0.25, 0.3) is 0 Å². The first-order valence-corrected chi connectivity index (χ1v) is 10.9. The minimum absolute atomic E-state index is 0.0630. The van der Waals surface area contributed by atoms with Gasteiger partial charge in [-0.25, -0.2) is 4.98 Å². The number of fused-ring (bicyclic) bond motifs is 1. The van der Waals surface area contributed by atoms with Gasteiger partial charge in [0.1, 0.15) is 11.5 Å². The predicted octanol–water partition coefficient (Wildman–Crippen LogP) is 2.29. The van der Waals surface area contributed by atoms with Gasteiger partial charge in [-0.2, -0.15) is 0 Å². The molecule has 2 heterocycles. The molecule has 1 N–H and O–H groups in total. The molecule has 0 spiro atoms. The normalized spacial score (nSPS) is 12.5. The zero-order valence-electron chi connectivity index (χ0n) is 16.5. The molecule has 29 heavy (non-hydrogen) atoms. The minimum Gasteiger partial charge on any atom is -0.497 e. The van der Waals surface area contributed by atoms with Crippen molar-refractivity contribution >= 4 is 35.1 Å². The van der Waals surface area contributed by atoms with Gasteiger partial charge in [0.15, 0.2) is 5.16 Å². The molecular weight excluding hydrogens is 414 g/mol. The Hall–Kier alpha value is -2.17. The van der Waals surface area contributed by atoms with Crippen LogP contribution in [0.3, 0.4) is 0 Å². The second-order valence-corrected chi connectivity index (χ2v) is 8.17. The molecule has 10 heteroatoms. The van der Waals surface area contributed by atoms with Gasteiger partial charge in [-0.3, -0.25) is 14.2 Å². The third-order valence-corrected chi connectivity index (χ3v) is 6.36. The maximum absolute atomic E-state index is 12.8. The molecule has 0 radical (unpaired) electrons. The molecule has 156 valence electrons. The molecule has 1 aromatic heterocycles. The third-order valence-electron chi connectivity index (χ3n) is 4.28. The van der Waals surface area contributed by atoms with E-state index in [0.717, 1.165) is 17.9 Å². The Balaban J connectivity index is 1.75. The number of nitrogens with zero attached hydrogens (tertiary/aromatic N) is 2. The van der Waals surface area contributed by atoms with Crippen LogP contribution in [0.4, 0.5) is 5.69 Å². The zero-order chi connectivity index (χ0) is 20.8. The Labute approximate surface area is 177 Å². The van der Waals surface area contributed by atoms with Gasteiger partial charge in [0.05, 0.1) is 49.4 Å². The summed E-state index contributed by atoms with van der Waals surface area (Å²) in [5.74, 6) is 1.87. The molecule has 0 saturated carbocycles. The number of carbonyl (C=O) groups excluding carboxylic acids is 1. The molecule has 0 atom stereocenters. The number of carbonyl (C=O) groups is 1. The van der Waals surface area contributed by atoms with Gasteiger partial charge in [0, 0.05) is 25.3 Å². The van der Waals surface area contributed by atoms with Gasteiger partial charge < -0.3 is 19.5 Å². The van der Waals surface area contributed by atoms with E-state index in [1.54, 1.807) is 37.0 Å². The summed E-state index contributed by atoms with van der Waals surface area (Å²) in [6.07, 6.45) is 0.765. The largest absolute Gasteiger partial charge is 0.497 e. The molecule has 0 saturated heterocycles. The van der Waals surface area contributed by atoms with Crippen LogP contribution in [-0.2, 0) is 22.5 Å². The number of aromatic nitrogens is 2. The van der Waals surface area contributed by atoms with Crippen molar-refractivity contribution in [2.24, 2.45) is 0 Å². The number of aryl methyl sites for hydroxylation is 1. The zero-order valence-corrected chi connectivity index (χ0v) is 18.2. The lowest BCUT2D eigenvalue weighted by atomic mass is 10.2. The SMILES string of the molecule is COCCn1c(SCC(=O)Nc2cc(OC)ccc2OC)nc2c(c1=O)SCC2. The van der Waals surface area contributed by atoms with Crippen molar-refractivity contribution in [1.29, 1.82) is 0 Å². The Kier molecular flexibility index (Phi) is 7.45. The van der Waals surface area contributed by atoms with Crippen molar-refractivity contribution < 1.29 is 19.0 Å².